The van der Waals surface area contributed by atoms with E-state index in [0.29, 0.717) is 0 Å². The minimum Gasteiger partial charge on any atom is -0.309 e. The molecular weight excluding hydrogens is 311 g/mol. The minimum atomic E-state index is -3.40. The van der Waals surface area contributed by atoms with Crippen molar-refractivity contribution in [1.29, 1.82) is 0 Å². The van der Waals surface area contributed by atoms with Crippen molar-refractivity contribution >= 4 is 13.2 Å². The van der Waals surface area contributed by atoms with Gasteiger partial charge < -0.3 is 4.52 Å². The molecule has 2 aromatic carbocycles. The number of nitrogens with one attached hydrogen (secondary N) is 1. The van der Waals surface area contributed by atoms with Crippen LogP contribution in [0, 0.1) is 0 Å². The second-order valence-electron chi connectivity index (χ2n) is 5.14. The van der Waals surface area contributed by atoms with Gasteiger partial charge in [-0.15, -0.1) is 0 Å². The second-order valence-corrected chi connectivity index (χ2v) is 7.35. The lowest BCUT2D eigenvalue weighted by atomic mass is 10.1. The van der Waals surface area contributed by atoms with Gasteiger partial charge in [0.2, 0.25) is 0 Å². The summed E-state index contributed by atoms with van der Waals surface area (Å²) < 4.78 is 20.8. The molecule has 0 fully saturated rings. The Bertz CT molecular complexity index is 734. The fraction of sp³-hybridized carbons (Fsp3) is 0.176. The first-order valence-corrected chi connectivity index (χ1v) is 9.05. The van der Waals surface area contributed by atoms with Crippen molar-refractivity contribution in [2.45, 2.75) is 13.0 Å². The number of hydrogen-bond acceptors (Lipinski definition) is 4. The van der Waals surface area contributed by atoms with E-state index in [-0.39, 0.29) is 18.1 Å². The molecule has 0 aromatic heterocycles. The Labute approximate surface area is 135 Å². The third kappa shape index (κ3) is 2.79. The molecule has 0 saturated heterocycles. The zero-order valence-corrected chi connectivity index (χ0v) is 13.7. The van der Waals surface area contributed by atoms with E-state index in [9.17, 15) is 9.77 Å². The normalized spacial score (nSPS) is 23.7. The van der Waals surface area contributed by atoms with Crippen molar-refractivity contribution in [3.63, 3.8) is 0 Å². The van der Waals surface area contributed by atoms with Gasteiger partial charge >= 0.3 is 7.52 Å². The molecule has 2 atom stereocenters. The molecule has 2 unspecified atom stereocenters. The highest BCUT2D eigenvalue weighted by Gasteiger charge is 2.46. The number of hydrogen-bond donors (Lipinski definition) is 2. The van der Waals surface area contributed by atoms with Crippen LogP contribution in [0.15, 0.2) is 72.2 Å². The summed E-state index contributed by atoms with van der Waals surface area (Å²) in [5.74, 6) is 0. The monoisotopic (exact) mass is 330 g/mol. The van der Waals surface area contributed by atoms with Crippen LogP contribution in [0.5, 0.6) is 0 Å². The van der Waals surface area contributed by atoms with E-state index in [1.165, 1.54) is 0 Å². The van der Waals surface area contributed by atoms with Crippen LogP contribution in [0.25, 0.3) is 0 Å². The van der Waals surface area contributed by atoms with Crippen LogP contribution in [-0.4, -0.2) is 11.8 Å². The van der Waals surface area contributed by atoms with Crippen molar-refractivity contribution < 1.29 is 14.3 Å². The maximum absolute atomic E-state index is 13.5. The largest absolute Gasteiger partial charge is 0.344 e. The summed E-state index contributed by atoms with van der Waals surface area (Å²) in [5, 5.41) is 9.46. The van der Waals surface area contributed by atoms with Gasteiger partial charge in [0.25, 0.3) is 0 Å². The van der Waals surface area contributed by atoms with Crippen molar-refractivity contribution in [2.24, 2.45) is 0 Å². The molecule has 120 valence electrons. The number of hydroxylamine groups is 1. The Hall–Kier alpha value is -2.07. The van der Waals surface area contributed by atoms with E-state index in [2.05, 4.69) is 5.48 Å². The van der Waals surface area contributed by atoms with Gasteiger partial charge in [0, 0.05) is 5.69 Å². The van der Waals surface area contributed by atoms with Crippen LogP contribution in [0.3, 0.4) is 0 Å². The molecule has 0 aliphatic carbocycles. The number of benzene rings is 2. The quantitative estimate of drug-likeness (QED) is 0.632. The summed E-state index contributed by atoms with van der Waals surface area (Å²) in [4.78, 5) is 0. The molecule has 6 heteroatoms. The van der Waals surface area contributed by atoms with Gasteiger partial charge in [-0.1, -0.05) is 48.5 Å². The first-order valence-electron chi connectivity index (χ1n) is 7.47. The van der Waals surface area contributed by atoms with Crippen LogP contribution < -0.4 is 10.2 Å². The van der Waals surface area contributed by atoms with Crippen molar-refractivity contribution in [3.05, 3.63) is 77.7 Å². The fourth-order valence-corrected chi connectivity index (χ4v) is 5.05. The van der Waals surface area contributed by atoms with Crippen LogP contribution in [-0.2, 0) is 9.09 Å². The van der Waals surface area contributed by atoms with Crippen molar-refractivity contribution in [1.82, 2.24) is 5.48 Å². The highest BCUT2D eigenvalue weighted by atomic mass is 31.2. The number of rotatable bonds is 5. The topological polar surface area (TPSA) is 61.8 Å². The maximum atomic E-state index is 13.5. The van der Waals surface area contributed by atoms with Gasteiger partial charge in [0.05, 0.1) is 12.6 Å². The van der Waals surface area contributed by atoms with E-state index in [4.69, 9.17) is 4.52 Å². The SMILES string of the molecule is CCOP1(=O)C(NO)=CC(c2ccccc2)N1c1ccccc1. The third-order valence-electron chi connectivity index (χ3n) is 3.75. The molecule has 2 N–H and O–H groups in total. The molecule has 0 spiro atoms. The molecule has 0 saturated carbocycles. The van der Waals surface area contributed by atoms with Gasteiger partial charge in [0.1, 0.15) is 5.44 Å². The zero-order chi connectivity index (χ0) is 16.3. The summed E-state index contributed by atoms with van der Waals surface area (Å²) >= 11 is 0. The van der Waals surface area contributed by atoms with E-state index < -0.39 is 7.52 Å². The first kappa shape index (κ1) is 15.8. The van der Waals surface area contributed by atoms with Crippen molar-refractivity contribution in [3.8, 4) is 0 Å². The lowest BCUT2D eigenvalue weighted by Gasteiger charge is -2.32. The Kier molecular flexibility index (Phi) is 4.53. The molecule has 23 heavy (non-hydrogen) atoms. The summed E-state index contributed by atoms with van der Waals surface area (Å²) in [6.45, 7) is 2.06. The predicted molar refractivity (Wildman–Crippen MR) is 90.3 cm³/mol. The number of nitrogens with zero attached hydrogens (tertiary/aromatic N) is 1. The highest BCUT2D eigenvalue weighted by Crippen LogP contribution is 2.66. The molecule has 1 aliphatic heterocycles. The summed E-state index contributed by atoms with van der Waals surface area (Å²) in [7, 11) is -3.40. The molecular formula is C17H19N2O3P. The van der Waals surface area contributed by atoms with Gasteiger partial charge in [-0.2, -0.15) is 0 Å². The molecule has 1 heterocycles. The molecule has 0 radical (unpaired) electrons. The fourth-order valence-electron chi connectivity index (χ4n) is 2.78. The van der Waals surface area contributed by atoms with E-state index in [1.54, 1.807) is 17.7 Å². The van der Waals surface area contributed by atoms with E-state index in [0.717, 1.165) is 11.3 Å². The molecule has 5 nitrogen and oxygen atoms in total. The van der Waals surface area contributed by atoms with Crippen molar-refractivity contribution in [2.75, 3.05) is 11.3 Å². The van der Waals surface area contributed by atoms with Gasteiger partial charge in [-0.3, -0.25) is 19.9 Å². The van der Waals surface area contributed by atoms with Gasteiger partial charge in [-0.05, 0) is 30.7 Å². The van der Waals surface area contributed by atoms with Crippen LogP contribution in [0.1, 0.15) is 18.5 Å². The number of anilines is 1. The molecule has 0 amide bonds. The van der Waals surface area contributed by atoms with Crippen LogP contribution in [0.4, 0.5) is 5.69 Å². The Morgan fingerprint density at radius 3 is 2.30 bits per heavy atom. The van der Waals surface area contributed by atoms with Gasteiger partial charge in [-0.25, -0.2) is 0 Å². The highest BCUT2D eigenvalue weighted by molar-refractivity contribution is 7.65. The Morgan fingerprint density at radius 1 is 1.13 bits per heavy atom. The summed E-state index contributed by atoms with van der Waals surface area (Å²) in [5.41, 5.74) is 4.03. The summed E-state index contributed by atoms with van der Waals surface area (Å²) in [6, 6.07) is 18.9. The Balaban J connectivity index is 2.14. The number of para-hydroxylation sites is 1. The average Bonchev–Trinajstić information content (AvgIpc) is 2.89. The average molecular weight is 330 g/mol. The standard InChI is InChI=1S/C17H19N2O3P/c1-2-22-23(21)17(18-20)13-16(14-9-5-3-6-10-14)19(23)15-11-7-4-8-12-15/h3-13,16,18,20H,2H2,1H3. The maximum Gasteiger partial charge on any atom is 0.344 e. The molecule has 3 rings (SSSR count). The van der Waals surface area contributed by atoms with E-state index in [1.807, 2.05) is 60.7 Å². The lowest BCUT2D eigenvalue weighted by molar-refractivity contribution is 0.204. The minimum absolute atomic E-state index is 0.206. The predicted octanol–water partition coefficient (Wildman–Crippen LogP) is 4.30. The lowest BCUT2D eigenvalue weighted by Crippen LogP contribution is -2.22. The van der Waals surface area contributed by atoms with E-state index >= 15 is 0 Å². The second kappa shape index (κ2) is 6.59. The molecule has 0 bridgehead atoms. The Morgan fingerprint density at radius 2 is 1.74 bits per heavy atom. The zero-order valence-electron chi connectivity index (χ0n) is 12.8. The van der Waals surface area contributed by atoms with Gasteiger partial charge in [0.15, 0.2) is 0 Å². The van der Waals surface area contributed by atoms with Crippen LogP contribution >= 0.6 is 7.52 Å². The molecule has 1 aliphatic rings. The van der Waals surface area contributed by atoms with Crippen LogP contribution in [0.2, 0.25) is 0 Å². The smallest absolute Gasteiger partial charge is 0.309 e. The first-order chi connectivity index (χ1) is 11.2. The third-order valence-corrected chi connectivity index (χ3v) is 6.26. The summed E-state index contributed by atoms with van der Waals surface area (Å²) in [6.07, 6.45) is 1.75. The molecule has 2 aromatic rings.